The molecule has 3 rings (SSSR count). The molecule has 0 bridgehead atoms. The first-order valence-corrected chi connectivity index (χ1v) is 9.16. The minimum atomic E-state index is -0.955. The summed E-state index contributed by atoms with van der Waals surface area (Å²) in [4.78, 5) is 29.5. The number of aromatic nitrogens is 1. The molecule has 1 amide bonds. The van der Waals surface area contributed by atoms with Crippen LogP contribution >= 0.6 is 0 Å². The fourth-order valence-corrected chi connectivity index (χ4v) is 2.82. The number of carbonyl (C=O) groups excluding carboxylic acids is 2. The maximum atomic E-state index is 12.8. The Labute approximate surface area is 168 Å². The van der Waals surface area contributed by atoms with Gasteiger partial charge in [-0.3, -0.25) is 4.79 Å². The lowest BCUT2D eigenvalue weighted by atomic mass is 10.0. The van der Waals surface area contributed by atoms with Crippen molar-refractivity contribution in [3.05, 3.63) is 60.2 Å². The van der Waals surface area contributed by atoms with Crippen molar-refractivity contribution < 1.29 is 24.2 Å². The minimum Gasteiger partial charge on any atom is -0.508 e. The number of hydrogen-bond acceptors (Lipinski definition) is 6. The normalized spacial score (nSPS) is 11.8. The van der Waals surface area contributed by atoms with Crippen LogP contribution in [-0.2, 0) is 14.3 Å². The number of pyridine rings is 1. The van der Waals surface area contributed by atoms with Gasteiger partial charge in [-0.1, -0.05) is 18.2 Å². The Morgan fingerprint density at radius 1 is 1.14 bits per heavy atom. The Morgan fingerprint density at radius 3 is 2.59 bits per heavy atom. The number of nitrogens with one attached hydrogen (secondary N) is 1. The van der Waals surface area contributed by atoms with Gasteiger partial charge in [0.05, 0.1) is 23.4 Å². The van der Waals surface area contributed by atoms with E-state index in [-0.39, 0.29) is 5.75 Å². The highest BCUT2D eigenvalue weighted by atomic mass is 16.5. The Bertz CT molecular complexity index is 1020. The number of phenolic OH excluding ortho intramolecular Hbond substituents is 1. The van der Waals surface area contributed by atoms with E-state index in [1.54, 1.807) is 42.5 Å². The zero-order chi connectivity index (χ0) is 20.8. The summed E-state index contributed by atoms with van der Waals surface area (Å²) in [7, 11) is 1.54. The van der Waals surface area contributed by atoms with Gasteiger partial charge in [-0.25, -0.2) is 9.78 Å². The standard InChI is InChI=1S/C22H22N2O5/c1-14(21(26)23-11-12-28-2)29-22(27)18-13-20(15-7-9-16(25)10-8-15)24-19-6-4-3-5-17(18)19/h3-10,13-14,25H,11-12H2,1-2H3,(H,23,26)/t14-/m0/s1. The van der Waals surface area contributed by atoms with E-state index >= 15 is 0 Å². The summed E-state index contributed by atoms with van der Waals surface area (Å²) in [6.45, 7) is 2.22. The molecule has 0 spiro atoms. The Kier molecular flexibility index (Phi) is 6.41. The van der Waals surface area contributed by atoms with Crippen LogP contribution in [0, 0.1) is 0 Å². The number of ether oxygens (including phenoxy) is 2. The van der Waals surface area contributed by atoms with Crippen LogP contribution in [0.4, 0.5) is 0 Å². The van der Waals surface area contributed by atoms with E-state index in [0.717, 1.165) is 5.56 Å². The van der Waals surface area contributed by atoms with Crippen LogP contribution in [0.1, 0.15) is 17.3 Å². The van der Waals surface area contributed by atoms with Crippen LogP contribution in [0.2, 0.25) is 0 Å². The van der Waals surface area contributed by atoms with Crippen molar-refractivity contribution in [2.24, 2.45) is 0 Å². The number of fused-ring (bicyclic) bond motifs is 1. The van der Waals surface area contributed by atoms with Crippen LogP contribution in [0.15, 0.2) is 54.6 Å². The second-order valence-electron chi connectivity index (χ2n) is 6.45. The first-order chi connectivity index (χ1) is 14.0. The predicted octanol–water partition coefficient (Wildman–Crippen LogP) is 2.92. The van der Waals surface area contributed by atoms with Crippen LogP contribution in [-0.4, -0.2) is 48.3 Å². The highest BCUT2D eigenvalue weighted by Crippen LogP contribution is 2.26. The van der Waals surface area contributed by atoms with Crippen molar-refractivity contribution in [3.8, 4) is 17.0 Å². The number of para-hydroxylation sites is 1. The zero-order valence-electron chi connectivity index (χ0n) is 16.2. The summed E-state index contributed by atoms with van der Waals surface area (Å²) < 4.78 is 10.3. The summed E-state index contributed by atoms with van der Waals surface area (Å²) >= 11 is 0. The van der Waals surface area contributed by atoms with Crippen LogP contribution in [0.25, 0.3) is 22.2 Å². The lowest BCUT2D eigenvalue weighted by molar-refractivity contribution is -0.129. The monoisotopic (exact) mass is 394 g/mol. The highest BCUT2D eigenvalue weighted by Gasteiger charge is 2.21. The van der Waals surface area contributed by atoms with E-state index < -0.39 is 18.0 Å². The summed E-state index contributed by atoms with van der Waals surface area (Å²) in [5.74, 6) is -0.868. The summed E-state index contributed by atoms with van der Waals surface area (Å²) in [6.07, 6.45) is -0.955. The molecule has 2 N–H and O–H groups in total. The topological polar surface area (TPSA) is 97.8 Å². The van der Waals surface area contributed by atoms with Gasteiger partial charge in [0.2, 0.25) is 0 Å². The number of hydrogen-bond donors (Lipinski definition) is 2. The van der Waals surface area contributed by atoms with Crippen LogP contribution in [0.3, 0.4) is 0 Å². The van der Waals surface area contributed by atoms with E-state index in [9.17, 15) is 14.7 Å². The Morgan fingerprint density at radius 2 is 1.86 bits per heavy atom. The molecule has 1 heterocycles. The summed E-state index contributed by atoms with van der Waals surface area (Å²) in [5, 5.41) is 12.8. The highest BCUT2D eigenvalue weighted by molar-refractivity contribution is 6.05. The third-order valence-corrected chi connectivity index (χ3v) is 4.36. The molecular weight excluding hydrogens is 372 g/mol. The van der Waals surface area contributed by atoms with Crippen LogP contribution < -0.4 is 5.32 Å². The number of benzene rings is 2. The number of rotatable bonds is 7. The van der Waals surface area contributed by atoms with Crippen molar-refractivity contribution in [3.63, 3.8) is 0 Å². The molecule has 29 heavy (non-hydrogen) atoms. The summed E-state index contributed by atoms with van der Waals surface area (Å²) in [6, 6.07) is 15.4. The number of amides is 1. The smallest absolute Gasteiger partial charge is 0.339 e. The predicted molar refractivity (Wildman–Crippen MR) is 109 cm³/mol. The molecule has 1 aromatic heterocycles. The lowest BCUT2D eigenvalue weighted by Crippen LogP contribution is -2.37. The number of methoxy groups -OCH3 is 1. The van der Waals surface area contributed by atoms with Gasteiger partial charge in [-0.2, -0.15) is 0 Å². The maximum absolute atomic E-state index is 12.8. The van der Waals surface area contributed by atoms with Gasteiger partial charge in [-0.15, -0.1) is 0 Å². The third kappa shape index (κ3) is 4.89. The average Bonchev–Trinajstić information content (AvgIpc) is 2.73. The third-order valence-electron chi connectivity index (χ3n) is 4.36. The minimum absolute atomic E-state index is 0.141. The largest absolute Gasteiger partial charge is 0.508 e. The van der Waals surface area contributed by atoms with E-state index in [1.165, 1.54) is 14.0 Å². The van der Waals surface area contributed by atoms with E-state index in [1.807, 2.05) is 12.1 Å². The van der Waals surface area contributed by atoms with Gasteiger partial charge < -0.3 is 19.9 Å². The molecule has 1 atom stereocenters. The zero-order valence-corrected chi connectivity index (χ0v) is 16.2. The molecule has 0 fully saturated rings. The van der Waals surface area contributed by atoms with Crippen molar-refractivity contribution in [2.45, 2.75) is 13.0 Å². The maximum Gasteiger partial charge on any atom is 0.339 e. The number of carbonyl (C=O) groups is 2. The van der Waals surface area contributed by atoms with Crippen molar-refractivity contribution in [1.29, 1.82) is 0 Å². The SMILES string of the molecule is COCCNC(=O)[C@H](C)OC(=O)c1cc(-c2ccc(O)cc2)nc2ccccc12. The quantitative estimate of drug-likeness (QED) is 0.472. The van der Waals surface area contributed by atoms with Gasteiger partial charge in [0.25, 0.3) is 5.91 Å². The molecule has 7 nitrogen and oxygen atoms in total. The first kappa shape index (κ1) is 20.3. The van der Waals surface area contributed by atoms with Gasteiger partial charge in [0.1, 0.15) is 5.75 Å². The van der Waals surface area contributed by atoms with Crippen LogP contribution in [0.5, 0.6) is 5.75 Å². The molecule has 0 aliphatic heterocycles. The van der Waals surface area contributed by atoms with E-state index in [4.69, 9.17) is 9.47 Å². The van der Waals surface area contributed by atoms with Crippen molar-refractivity contribution in [1.82, 2.24) is 10.3 Å². The number of phenols is 1. The number of esters is 1. The number of aromatic hydroxyl groups is 1. The molecule has 0 saturated heterocycles. The molecule has 2 aromatic carbocycles. The second-order valence-corrected chi connectivity index (χ2v) is 6.45. The Balaban J connectivity index is 1.90. The molecule has 7 heteroatoms. The molecular formula is C22H22N2O5. The lowest BCUT2D eigenvalue weighted by Gasteiger charge is -2.15. The molecule has 3 aromatic rings. The molecule has 0 saturated carbocycles. The van der Waals surface area contributed by atoms with Crippen molar-refractivity contribution in [2.75, 3.05) is 20.3 Å². The average molecular weight is 394 g/mol. The van der Waals surface area contributed by atoms with Gasteiger partial charge in [0, 0.05) is 24.6 Å². The Hall–Kier alpha value is -3.45. The summed E-state index contributed by atoms with van der Waals surface area (Å²) in [5.41, 5.74) is 2.25. The fourth-order valence-electron chi connectivity index (χ4n) is 2.82. The van der Waals surface area contributed by atoms with Gasteiger partial charge >= 0.3 is 5.97 Å². The van der Waals surface area contributed by atoms with Gasteiger partial charge in [-0.05, 0) is 43.3 Å². The van der Waals surface area contributed by atoms with Crippen molar-refractivity contribution >= 4 is 22.8 Å². The number of nitrogens with zero attached hydrogens (tertiary/aromatic N) is 1. The van der Waals surface area contributed by atoms with E-state index in [0.29, 0.717) is 35.3 Å². The molecule has 150 valence electrons. The molecule has 0 aliphatic carbocycles. The van der Waals surface area contributed by atoms with E-state index in [2.05, 4.69) is 10.3 Å². The van der Waals surface area contributed by atoms with Gasteiger partial charge in [0.15, 0.2) is 6.10 Å². The first-order valence-electron chi connectivity index (χ1n) is 9.16. The molecule has 0 aliphatic rings. The second kappa shape index (κ2) is 9.16. The molecule has 0 unspecified atom stereocenters. The fraction of sp³-hybridized carbons (Fsp3) is 0.227. The molecule has 0 radical (unpaired) electrons.